The highest BCUT2D eigenvalue weighted by atomic mass is 19.1. The van der Waals surface area contributed by atoms with Crippen LogP contribution in [0.3, 0.4) is 0 Å². The third-order valence-corrected chi connectivity index (χ3v) is 2.92. The first kappa shape index (κ1) is 14.5. The van der Waals surface area contributed by atoms with E-state index >= 15 is 0 Å². The molecule has 1 aromatic carbocycles. The first-order chi connectivity index (χ1) is 9.74. The van der Waals surface area contributed by atoms with Crippen molar-refractivity contribution in [3.8, 4) is 5.75 Å². The van der Waals surface area contributed by atoms with E-state index < -0.39 is 0 Å². The van der Waals surface area contributed by atoms with E-state index in [9.17, 15) is 4.39 Å². The Hall–Kier alpha value is -1.88. The number of nitrogens with one attached hydrogen (secondary N) is 1. The lowest BCUT2D eigenvalue weighted by Crippen LogP contribution is -2.32. The average molecular weight is 277 g/mol. The van der Waals surface area contributed by atoms with Crippen LogP contribution in [-0.2, 0) is 6.54 Å². The molecule has 4 nitrogen and oxygen atoms in total. The van der Waals surface area contributed by atoms with Crippen LogP contribution in [0.5, 0.6) is 5.75 Å². The Bertz CT molecular complexity index is 484. The first-order valence-electron chi connectivity index (χ1n) is 6.83. The maximum Gasteiger partial charge on any atom is 0.123 e. The normalized spacial score (nSPS) is 12.3. The molecule has 0 aliphatic rings. The lowest BCUT2D eigenvalue weighted by Gasteiger charge is -2.14. The zero-order chi connectivity index (χ0) is 14.2. The Morgan fingerprint density at radius 2 is 2.15 bits per heavy atom. The van der Waals surface area contributed by atoms with Crippen molar-refractivity contribution >= 4 is 0 Å². The molecule has 0 spiro atoms. The summed E-state index contributed by atoms with van der Waals surface area (Å²) in [5, 5.41) is 7.58. The standard InChI is InChI=1S/C15H20FN3O/c1-13(12-19-10-2-9-18-19)17-8-3-11-20-15-6-4-14(16)5-7-15/h2,4-7,9-10,13,17H,3,8,11-12H2,1H3/t13-/m0/s1. The molecule has 0 saturated heterocycles. The van der Waals surface area contributed by atoms with Crippen molar-refractivity contribution in [1.29, 1.82) is 0 Å². The predicted molar refractivity (Wildman–Crippen MR) is 76.2 cm³/mol. The highest BCUT2D eigenvalue weighted by molar-refractivity contribution is 5.21. The van der Waals surface area contributed by atoms with E-state index in [-0.39, 0.29) is 5.82 Å². The monoisotopic (exact) mass is 277 g/mol. The van der Waals surface area contributed by atoms with Crippen LogP contribution in [0, 0.1) is 5.82 Å². The van der Waals surface area contributed by atoms with Gasteiger partial charge < -0.3 is 10.1 Å². The fraction of sp³-hybridized carbons (Fsp3) is 0.400. The van der Waals surface area contributed by atoms with E-state index in [1.54, 1.807) is 18.3 Å². The van der Waals surface area contributed by atoms with Crippen LogP contribution in [0.1, 0.15) is 13.3 Å². The molecule has 1 N–H and O–H groups in total. The van der Waals surface area contributed by atoms with Gasteiger partial charge in [-0.15, -0.1) is 0 Å². The van der Waals surface area contributed by atoms with Crippen LogP contribution in [0.15, 0.2) is 42.7 Å². The van der Waals surface area contributed by atoms with Gasteiger partial charge in [-0.1, -0.05) is 0 Å². The molecular formula is C15H20FN3O. The van der Waals surface area contributed by atoms with Crippen molar-refractivity contribution in [3.05, 3.63) is 48.5 Å². The van der Waals surface area contributed by atoms with Crippen LogP contribution in [0.2, 0.25) is 0 Å². The summed E-state index contributed by atoms with van der Waals surface area (Å²) in [6.07, 6.45) is 4.64. The maximum atomic E-state index is 12.7. The first-order valence-corrected chi connectivity index (χ1v) is 6.83. The van der Waals surface area contributed by atoms with Crippen molar-refractivity contribution in [2.24, 2.45) is 0 Å². The van der Waals surface area contributed by atoms with Crippen molar-refractivity contribution in [3.63, 3.8) is 0 Å². The average Bonchev–Trinajstić information content (AvgIpc) is 2.93. The molecule has 0 bridgehead atoms. The van der Waals surface area contributed by atoms with Gasteiger partial charge in [-0.3, -0.25) is 4.68 Å². The summed E-state index contributed by atoms with van der Waals surface area (Å²) in [4.78, 5) is 0. The van der Waals surface area contributed by atoms with Crippen molar-refractivity contribution in [2.75, 3.05) is 13.2 Å². The molecule has 1 heterocycles. The Labute approximate surface area is 118 Å². The molecule has 0 fully saturated rings. The minimum Gasteiger partial charge on any atom is -0.494 e. The topological polar surface area (TPSA) is 39.1 Å². The Kier molecular flexibility index (Phi) is 5.55. The van der Waals surface area contributed by atoms with Gasteiger partial charge in [0, 0.05) is 18.4 Å². The van der Waals surface area contributed by atoms with E-state index in [1.165, 1.54) is 12.1 Å². The second-order valence-electron chi connectivity index (χ2n) is 4.74. The van der Waals surface area contributed by atoms with Gasteiger partial charge in [0.15, 0.2) is 0 Å². The van der Waals surface area contributed by atoms with Crippen LogP contribution < -0.4 is 10.1 Å². The lowest BCUT2D eigenvalue weighted by molar-refractivity contribution is 0.303. The molecule has 1 atom stereocenters. The molecule has 2 rings (SSSR count). The number of aromatic nitrogens is 2. The zero-order valence-corrected chi connectivity index (χ0v) is 11.6. The number of hydrogen-bond donors (Lipinski definition) is 1. The molecule has 0 unspecified atom stereocenters. The third kappa shape index (κ3) is 5.01. The van der Waals surface area contributed by atoms with E-state index in [0.29, 0.717) is 18.4 Å². The fourth-order valence-corrected chi connectivity index (χ4v) is 1.90. The number of halogens is 1. The molecule has 0 aliphatic heterocycles. The number of benzene rings is 1. The van der Waals surface area contributed by atoms with E-state index in [2.05, 4.69) is 17.3 Å². The van der Waals surface area contributed by atoms with Gasteiger partial charge in [-0.25, -0.2) is 4.39 Å². The molecule has 5 heteroatoms. The van der Waals surface area contributed by atoms with Crippen molar-refractivity contribution in [1.82, 2.24) is 15.1 Å². The third-order valence-electron chi connectivity index (χ3n) is 2.92. The lowest BCUT2D eigenvalue weighted by atomic mass is 10.3. The minimum absolute atomic E-state index is 0.244. The number of hydrogen-bond acceptors (Lipinski definition) is 3. The summed E-state index contributed by atoms with van der Waals surface area (Å²) in [6, 6.07) is 8.37. The van der Waals surface area contributed by atoms with Crippen LogP contribution in [0.4, 0.5) is 4.39 Å². The highest BCUT2D eigenvalue weighted by Gasteiger charge is 2.02. The van der Waals surface area contributed by atoms with Crippen molar-refractivity contribution < 1.29 is 9.13 Å². The van der Waals surface area contributed by atoms with Crippen molar-refractivity contribution in [2.45, 2.75) is 25.9 Å². The van der Waals surface area contributed by atoms with Gasteiger partial charge in [0.25, 0.3) is 0 Å². The van der Waals surface area contributed by atoms with Gasteiger partial charge in [0.2, 0.25) is 0 Å². The molecule has 0 aliphatic carbocycles. The molecule has 1 aromatic heterocycles. The molecule has 0 saturated carbocycles. The predicted octanol–water partition coefficient (Wildman–Crippen LogP) is 2.47. The summed E-state index contributed by atoms with van der Waals surface area (Å²) < 4.78 is 20.1. The smallest absolute Gasteiger partial charge is 0.123 e. The summed E-state index contributed by atoms with van der Waals surface area (Å²) in [7, 11) is 0. The van der Waals surface area contributed by atoms with Crippen LogP contribution in [0.25, 0.3) is 0 Å². The highest BCUT2D eigenvalue weighted by Crippen LogP contribution is 2.10. The maximum absolute atomic E-state index is 12.7. The Morgan fingerprint density at radius 3 is 2.85 bits per heavy atom. The van der Waals surface area contributed by atoms with Gasteiger partial charge in [0.05, 0.1) is 13.2 Å². The Morgan fingerprint density at radius 1 is 1.35 bits per heavy atom. The summed E-state index contributed by atoms with van der Waals surface area (Å²) in [6.45, 7) is 4.48. The Balaban J connectivity index is 1.56. The quantitative estimate of drug-likeness (QED) is 0.753. The minimum atomic E-state index is -0.244. The SMILES string of the molecule is C[C@@H](Cn1cccn1)NCCCOc1ccc(F)cc1. The molecule has 108 valence electrons. The number of nitrogens with zero attached hydrogens (tertiary/aromatic N) is 2. The zero-order valence-electron chi connectivity index (χ0n) is 11.6. The van der Waals surface area contributed by atoms with Gasteiger partial charge in [0.1, 0.15) is 11.6 Å². The van der Waals surface area contributed by atoms with E-state index in [4.69, 9.17) is 4.74 Å². The summed E-state index contributed by atoms with van der Waals surface area (Å²) in [5.41, 5.74) is 0. The summed E-state index contributed by atoms with van der Waals surface area (Å²) in [5.74, 6) is 0.461. The van der Waals surface area contributed by atoms with Gasteiger partial charge in [-0.05, 0) is 50.2 Å². The molecule has 0 radical (unpaired) electrons. The van der Waals surface area contributed by atoms with Gasteiger partial charge >= 0.3 is 0 Å². The number of rotatable bonds is 8. The van der Waals surface area contributed by atoms with Gasteiger partial charge in [-0.2, -0.15) is 5.10 Å². The van der Waals surface area contributed by atoms with Crippen LogP contribution in [-0.4, -0.2) is 29.0 Å². The molecule has 2 aromatic rings. The second-order valence-corrected chi connectivity index (χ2v) is 4.74. The van der Waals surface area contributed by atoms with E-state index in [0.717, 1.165) is 19.5 Å². The number of ether oxygens (including phenoxy) is 1. The molecular weight excluding hydrogens is 257 g/mol. The molecule has 20 heavy (non-hydrogen) atoms. The molecule has 0 amide bonds. The second kappa shape index (κ2) is 7.65. The van der Waals surface area contributed by atoms with Crippen LogP contribution >= 0.6 is 0 Å². The summed E-state index contributed by atoms with van der Waals surface area (Å²) >= 11 is 0. The van der Waals surface area contributed by atoms with E-state index in [1.807, 2.05) is 16.9 Å². The largest absolute Gasteiger partial charge is 0.494 e. The fourth-order valence-electron chi connectivity index (χ4n) is 1.90.